The van der Waals surface area contributed by atoms with Crippen LogP contribution in [-0.4, -0.2) is 31.1 Å². The van der Waals surface area contributed by atoms with Gasteiger partial charge in [0, 0.05) is 28.9 Å². The van der Waals surface area contributed by atoms with Crippen LogP contribution in [0.15, 0.2) is 17.1 Å². The van der Waals surface area contributed by atoms with Crippen molar-refractivity contribution in [1.82, 2.24) is 9.78 Å². The van der Waals surface area contributed by atoms with Crippen LogP contribution >= 0.6 is 0 Å². The third kappa shape index (κ3) is 2.98. The van der Waals surface area contributed by atoms with E-state index in [1.165, 1.54) is 10.9 Å². The number of aromatic nitrogens is 2. The average molecular weight is 202 g/mol. The minimum absolute atomic E-state index is 0.154. The summed E-state index contributed by atoms with van der Waals surface area (Å²) in [6.07, 6.45) is 2.74. The summed E-state index contributed by atoms with van der Waals surface area (Å²) in [6.45, 7) is 0.308. The Balaban J connectivity index is 2.78. The third-order valence-corrected chi connectivity index (χ3v) is 2.20. The summed E-state index contributed by atoms with van der Waals surface area (Å²) < 4.78 is 11.9. The van der Waals surface area contributed by atoms with Crippen molar-refractivity contribution in [2.75, 3.05) is 12.0 Å². The van der Waals surface area contributed by atoms with Gasteiger partial charge in [-0.2, -0.15) is 5.10 Å². The van der Waals surface area contributed by atoms with Crippen LogP contribution in [0.4, 0.5) is 0 Å². The zero-order valence-electron chi connectivity index (χ0n) is 7.14. The monoisotopic (exact) mass is 202 g/mol. The predicted molar refractivity (Wildman–Crippen MR) is 49.1 cm³/mol. The molecule has 1 rings (SSSR count). The Morgan fingerprint density at radius 3 is 2.92 bits per heavy atom. The van der Waals surface area contributed by atoms with Crippen LogP contribution < -0.4 is 5.56 Å². The second kappa shape index (κ2) is 4.18. The highest BCUT2D eigenvalue weighted by atomic mass is 32.2. The van der Waals surface area contributed by atoms with E-state index in [1.807, 2.05) is 0 Å². The SMILES string of the molecule is CS(=O)CCn1ncc(O)cc1=O. The molecule has 1 aromatic heterocycles. The van der Waals surface area contributed by atoms with Gasteiger partial charge in [-0.25, -0.2) is 4.68 Å². The molecule has 0 aliphatic rings. The van der Waals surface area contributed by atoms with E-state index in [-0.39, 0.29) is 11.3 Å². The first-order valence-electron chi connectivity index (χ1n) is 3.66. The first-order valence-corrected chi connectivity index (χ1v) is 5.38. The lowest BCUT2D eigenvalue weighted by Gasteiger charge is -2.01. The molecule has 0 radical (unpaired) electrons. The third-order valence-electron chi connectivity index (χ3n) is 1.45. The van der Waals surface area contributed by atoms with Gasteiger partial charge in [0.25, 0.3) is 5.56 Å². The van der Waals surface area contributed by atoms with Crippen molar-refractivity contribution in [3.63, 3.8) is 0 Å². The Morgan fingerprint density at radius 1 is 1.69 bits per heavy atom. The average Bonchev–Trinajstić information content (AvgIpc) is 2.02. The molecular weight excluding hydrogens is 192 g/mol. The zero-order valence-corrected chi connectivity index (χ0v) is 7.95. The van der Waals surface area contributed by atoms with E-state index in [0.717, 1.165) is 6.07 Å². The van der Waals surface area contributed by atoms with Crippen molar-refractivity contribution in [1.29, 1.82) is 0 Å². The van der Waals surface area contributed by atoms with Gasteiger partial charge in [-0.05, 0) is 0 Å². The molecule has 5 nitrogen and oxygen atoms in total. The molecule has 13 heavy (non-hydrogen) atoms. The van der Waals surface area contributed by atoms with Gasteiger partial charge in [-0.15, -0.1) is 0 Å². The van der Waals surface area contributed by atoms with E-state index in [0.29, 0.717) is 12.3 Å². The number of hydrogen-bond acceptors (Lipinski definition) is 4. The summed E-state index contributed by atoms with van der Waals surface area (Å²) >= 11 is 0. The van der Waals surface area contributed by atoms with Crippen LogP contribution in [0.25, 0.3) is 0 Å². The maximum Gasteiger partial charge on any atom is 0.270 e. The quantitative estimate of drug-likeness (QED) is 0.705. The second-order valence-corrected chi connectivity index (χ2v) is 4.11. The Hall–Kier alpha value is -1.17. The van der Waals surface area contributed by atoms with Crippen molar-refractivity contribution in [3.8, 4) is 5.75 Å². The fourth-order valence-electron chi connectivity index (χ4n) is 0.807. The minimum Gasteiger partial charge on any atom is -0.506 e. The molecule has 1 atom stereocenters. The van der Waals surface area contributed by atoms with Gasteiger partial charge in [0.05, 0.1) is 12.7 Å². The summed E-state index contributed by atoms with van der Waals surface area (Å²) in [5, 5.41) is 12.5. The molecule has 0 saturated heterocycles. The normalized spacial score (nSPS) is 12.7. The molecule has 0 amide bonds. The largest absolute Gasteiger partial charge is 0.506 e. The van der Waals surface area contributed by atoms with Crippen molar-refractivity contribution >= 4 is 10.8 Å². The molecular formula is C7H10N2O3S. The lowest BCUT2D eigenvalue weighted by Crippen LogP contribution is -2.23. The van der Waals surface area contributed by atoms with Crippen LogP contribution in [0.2, 0.25) is 0 Å². The van der Waals surface area contributed by atoms with E-state index in [4.69, 9.17) is 5.11 Å². The van der Waals surface area contributed by atoms with E-state index >= 15 is 0 Å². The highest BCUT2D eigenvalue weighted by Crippen LogP contribution is 1.97. The standard InChI is InChI=1S/C7H10N2O3S/c1-13(12)3-2-9-7(11)4-6(10)5-8-9/h4-5,10H,2-3H2,1H3. The van der Waals surface area contributed by atoms with Crippen molar-refractivity contribution in [2.24, 2.45) is 0 Å². The molecule has 0 saturated carbocycles. The van der Waals surface area contributed by atoms with Crippen molar-refractivity contribution in [2.45, 2.75) is 6.54 Å². The Bertz CT molecular complexity index is 374. The van der Waals surface area contributed by atoms with E-state index < -0.39 is 10.8 Å². The topological polar surface area (TPSA) is 72.2 Å². The number of nitrogens with zero attached hydrogens (tertiary/aromatic N) is 2. The van der Waals surface area contributed by atoms with E-state index in [2.05, 4.69) is 5.10 Å². The van der Waals surface area contributed by atoms with Crippen LogP contribution in [-0.2, 0) is 17.3 Å². The molecule has 6 heteroatoms. The molecule has 0 aliphatic heterocycles. The van der Waals surface area contributed by atoms with Gasteiger partial charge in [-0.1, -0.05) is 0 Å². The summed E-state index contributed by atoms with van der Waals surface area (Å²) in [7, 11) is -0.942. The highest BCUT2D eigenvalue weighted by Gasteiger charge is 1.99. The van der Waals surface area contributed by atoms with Crippen LogP contribution in [0.5, 0.6) is 5.75 Å². The number of aromatic hydroxyl groups is 1. The van der Waals surface area contributed by atoms with Gasteiger partial charge in [0.1, 0.15) is 5.75 Å². The molecule has 0 aliphatic carbocycles. The number of hydrogen-bond donors (Lipinski definition) is 1. The predicted octanol–water partition coefficient (Wildman–Crippen LogP) is -0.673. The van der Waals surface area contributed by atoms with Gasteiger partial charge < -0.3 is 5.11 Å². The number of rotatable bonds is 3. The van der Waals surface area contributed by atoms with Gasteiger partial charge in [0.15, 0.2) is 0 Å². The smallest absolute Gasteiger partial charge is 0.270 e. The molecule has 1 N–H and O–H groups in total. The molecule has 0 bridgehead atoms. The van der Waals surface area contributed by atoms with Gasteiger partial charge >= 0.3 is 0 Å². The summed E-state index contributed by atoms with van der Waals surface area (Å²) in [5.74, 6) is 0.233. The maximum atomic E-state index is 11.1. The maximum absolute atomic E-state index is 11.1. The highest BCUT2D eigenvalue weighted by molar-refractivity contribution is 7.84. The number of aryl methyl sites for hydroxylation is 1. The van der Waals surface area contributed by atoms with Crippen LogP contribution in [0.3, 0.4) is 0 Å². The fraction of sp³-hybridized carbons (Fsp3) is 0.429. The molecule has 0 fully saturated rings. The lowest BCUT2D eigenvalue weighted by atomic mass is 10.5. The van der Waals surface area contributed by atoms with Crippen molar-refractivity contribution < 1.29 is 9.32 Å². The van der Waals surface area contributed by atoms with Crippen LogP contribution in [0.1, 0.15) is 0 Å². The molecule has 0 aromatic carbocycles. The second-order valence-electron chi connectivity index (χ2n) is 2.55. The lowest BCUT2D eigenvalue weighted by molar-refractivity contribution is 0.461. The van der Waals surface area contributed by atoms with Gasteiger partial charge in [0.2, 0.25) is 0 Å². The molecule has 0 spiro atoms. The molecule has 72 valence electrons. The first-order chi connectivity index (χ1) is 6.09. The fourth-order valence-corrected chi connectivity index (χ4v) is 1.24. The van der Waals surface area contributed by atoms with Gasteiger partial charge in [-0.3, -0.25) is 9.00 Å². The molecule has 1 heterocycles. The molecule has 1 aromatic rings. The Kier molecular flexibility index (Phi) is 3.18. The summed E-state index contributed by atoms with van der Waals surface area (Å²) in [4.78, 5) is 11.1. The summed E-state index contributed by atoms with van der Waals surface area (Å²) in [5.41, 5.74) is -0.384. The van der Waals surface area contributed by atoms with Crippen LogP contribution in [0, 0.1) is 0 Å². The van der Waals surface area contributed by atoms with E-state index in [1.54, 1.807) is 6.26 Å². The molecule has 1 unspecified atom stereocenters. The zero-order chi connectivity index (χ0) is 9.84. The minimum atomic E-state index is -0.942. The first kappa shape index (κ1) is 9.91. The summed E-state index contributed by atoms with van der Waals surface area (Å²) in [6, 6.07) is 1.07. The van der Waals surface area contributed by atoms with E-state index in [9.17, 15) is 9.00 Å². The Labute approximate surface area is 77.5 Å². The Morgan fingerprint density at radius 2 is 2.38 bits per heavy atom. The van der Waals surface area contributed by atoms with Crippen molar-refractivity contribution in [3.05, 3.63) is 22.6 Å².